The molecule has 17 heavy (non-hydrogen) atoms. The Morgan fingerprint density at radius 3 is 2.65 bits per heavy atom. The number of unbranched alkanes of at least 4 members (excludes halogenated alkanes) is 4. The topological polar surface area (TPSA) is 12.4 Å². The first-order valence-corrected chi connectivity index (χ1v) is 6.44. The summed E-state index contributed by atoms with van der Waals surface area (Å²) in [5.41, 5.74) is 1.14. The molecule has 1 rings (SSSR count). The third-order valence-corrected chi connectivity index (χ3v) is 2.49. The molecule has 0 fully saturated rings. The molecule has 1 aromatic rings. The average Bonchev–Trinajstić information content (AvgIpc) is 2.38. The van der Waals surface area contributed by atoms with Crippen LogP contribution in [0.3, 0.4) is 0 Å². The minimum absolute atomic E-state index is 0.614. The highest BCUT2D eigenvalue weighted by Gasteiger charge is 1.84. The lowest BCUT2D eigenvalue weighted by Gasteiger charge is -1.91. The van der Waals surface area contributed by atoms with Crippen LogP contribution < -0.4 is 0 Å². The lowest BCUT2D eigenvalue weighted by atomic mass is 10.2. The molecule has 0 atom stereocenters. The normalized spacial score (nSPS) is 10.2. The standard InChI is InChI=1S/C16H21N/c1-2-3-4-5-6-7-11-14-17-15-16-12-9-8-10-13-16/h8-10,12-13,15H,2-6,14H2,1H3. The number of rotatable bonds is 6. The highest BCUT2D eigenvalue weighted by atomic mass is 14.7. The van der Waals surface area contributed by atoms with Crippen LogP contribution in [0.1, 0.15) is 44.6 Å². The van der Waals surface area contributed by atoms with E-state index >= 15 is 0 Å². The molecular formula is C16H21N. The molecule has 0 aliphatic rings. The van der Waals surface area contributed by atoms with Gasteiger partial charge in [0.1, 0.15) is 0 Å². The highest BCUT2D eigenvalue weighted by molar-refractivity contribution is 5.79. The Kier molecular flexibility index (Phi) is 7.68. The minimum Gasteiger partial charge on any atom is -0.280 e. The largest absolute Gasteiger partial charge is 0.280 e. The van der Waals surface area contributed by atoms with Gasteiger partial charge >= 0.3 is 0 Å². The molecule has 0 bridgehead atoms. The van der Waals surface area contributed by atoms with Crippen molar-refractivity contribution < 1.29 is 0 Å². The predicted octanol–water partition coefficient (Wildman–Crippen LogP) is 4.08. The van der Waals surface area contributed by atoms with Crippen molar-refractivity contribution in [3.63, 3.8) is 0 Å². The first-order chi connectivity index (χ1) is 8.43. The molecule has 0 heterocycles. The molecule has 0 amide bonds. The van der Waals surface area contributed by atoms with Crippen molar-refractivity contribution in [3.8, 4) is 11.8 Å². The van der Waals surface area contributed by atoms with E-state index in [0.717, 1.165) is 12.0 Å². The third-order valence-electron chi connectivity index (χ3n) is 2.49. The Hall–Kier alpha value is -1.55. The maximum absolute atomic E-state index is 4.28. The fraction of sp³-hybridized carbons (Fsp3) is 0.438. The Morgan fingerprint density at radius 1 is 1.06 bits per heavy atom. The van der Waals surface area contributed by atoms with Crippen LogP contribution >= 0.6 is 0 Å². The van der Waals surface area contributed by atoms with Crippen molar-refractivity contribution in [2.24, 2.45) is 4.99 Å². The van der Waals surface area contributed by atoms with E-state index in [9.17, 15) is 0 Å². The van der Waals surface area contributed by atoms with Crippen LogP contribution in [0.25, 0.3) is 0 Å². The summed E-state index contributed by atoms with van der Waals surface area (Å²) in [6.07, 6.45) is 8.04. The van der Waals surface area contributed by atoms with Gasteiger partial charge in [-0.2, -0.15) is 0 Å². The lowest BCUT2D eigenvalue weighted by Crippen LogP contribution is -1.81. The van der Waals surface area contributed by atoms with E-state index in [2.05, 4.69) is 23.8 Å². The smallest absolute Gasteiger partial charge is 0.0997 e. The molecule has 1 aromatic carbocycles. The van der Waals surface area contributed by atoms with Crippen molar-refractivity contribution in [3.05, 3.63) is 35.9 Å². The molecule has 1 nitrogen and oxygen atoms in total. The summed E-state index contributed by atoms with van der Waals surface area (Å²) in [6, 6.07) is 10.1. The van der Waals surface area contributed by atoms with E-state index in [4.69, 9.17) is 0 Å². The number of hydrogen-bond donors (Lipinski definition) is 0. The average molecular weight is 227 g/mol. The van der Waals surface area contributed by atoms with E-state index in [-0.39, 0.29) is 0 Å². The van der Waals surface area contributed by atoms with Gasteiger partial charge < -0.3 is 0 Å². The van der Waals surface area contributed by atoms with Crippen molar-refractivity contribution >= 4 is 6.21 Å². The number of hydrogen-bond acceptors (Lipinski definition) is 1. The molecule has 0 saturated heterocycles. The third kappa shape index (κ3) is 7.36. The molecule has 0 N–H and O–H groups in total. The van der Waals surface area contributed by atoms with Crippen LogP contribution in [0.2, 0.25) is 0 Å². The number of benzene rings is 1. The van der Waals surface area contributed by atoms with Crippen LogP contribution in [-0.2, 0) is 0 Å². The minimum atomic E-state index is 0.614. The summed E-state index contributed by atoms with van der Waals surface area (Å²) >= 11 is 0. The van der Waals surface area contributed by atoms with Gasteiger partial charge in [-0.05, 0) is 12.0 Å². The monoisotopic (exact) mass is 227 g/mol. The maximum atomic E-state index is 4.28. The summed E-state index contributed by atoms with van der Waals surface area (Å²) in [5, 5.41) is 0. The second-order valence-electron chi connectivity index (χ2n) is 4.04. The number of aliphatic imine (C=N–C) groups is 1. The van der Waals surface area contributed by atoms with Crippen LogP contribution in [0.4, 0.5) is 0 Å². The quantitative estimate of drug-likeness (QED) is 0.394. The first-order valence-electron chi connectivity index (χ1n) is 6.44. The molecule has 0 aromatic heterocycles. The molecule has 1 heteroatoms. The van der Waals surface area contributed by atoms with Gasteiger partial charge in [0, 0.05) is 12.6 Å². The summed E-state index contributed by atoms with van der Waals surface area (Å²) in [5.74, 6) is 6.25. The van der Waals surface area contributed by atoms with Crippen molar-refractivity contribution in [2.45, 2.75) is 39.0 Å². The van der Waals surface area contributed by atoms with Gasteiger partial charge in [0.25, 0.3) is 0 Å². The molecule has 90 valence electrons. The van der Waals surface area contributed by atoms with Crippen LogP contribution in [0, 0.1) is 11.8 Å². The Morgan fingerprint density at radius 2 is 1.88 bits per heavy atom. The molecular weight excluding hydrogens is 206 g/mol. The van der Waals surface area contributed by atoms with Gasteiger partial charge in [-0.1, -0.05) is 62.4 Å². The van der Waals surface area contributed by atoms with Gasteiger partial charge in [-0.25, -0.2) is 0 Å². The lowest BCUT2D eigenvalue weighted by molar-refractivity contribution is 0.679. The summed E-state index contributed by atoms with van der Waals surface area (Å²) in [7, 11) is 0. The van der Waals surface area contributed by atoms with Gasteiger partial charge in [-0.3, -0.25) is 4.99 Å². The molecule has 0 radical (unpaired) electrons. The van der Waals surface area contributed by atoms with E-state index in [0.29, 0.717) is 6.54 Å². The second-order valence-corrected chi connectivity index (χ2v) is 4.04. The van der Waals surface area contributed by atoms with Gasteiger partial charge in [0.05, 0.1) is 6.54 Å². The van der Waals surface area contributed by atoms with Gasteiger partial charge in [0.2, 0.25) is 0 Å². The summed E-state index contributed by atoms with van der Waals surface area (Å²) in [4.78, 5) is 4.28. The fourth-order valence-electron chi connectivity index (χ4n) is 1.52. The summed E-state index contributed by atoms with van der Waals surface area (Å²) in [6.45, 7) is 2.84. The first kappa shape index (κ1) is 13.5. The second kappa shape index (κ2) is 9.66. The van der Waals surface area contributed by atoms with E-state index in [1.54, 1.807) is 0 Å². The Labute approximate surface area is 105 Å². The fourth-order valence-corrected chi connectivity index (χ4v) is 1.52. The van der Waals surface area contributed by atoms with Crippen molar-refractivity contribution in [1.82, 2.24) is 0 Å². The van der Waals surface area contributed by atoms with E-state index in [1.165, 1.54) is 25.7 Å². The molecule has 0 saturated carbocycles. The van der Waals surface area contributed by atoms with E-state index in [1.807, 2.05) is 36.5 Å². The highest BCUT2D eigenvalue weighted by Crippen LogP contribution is 2.00. The molecule has 0 aliphatic heterocycles. The molecule has 0 spiro atoms. The Balaban J connectivity index is 2.11. The zero-order valence-corrected chi connectivity index (χ0v) is 10.7. The van der Waals surface area contributed by atoms with Crippen molar-refractivity contribution in [1.29, 1.82) is 0 Å². The maximum Gasteiger partial charge on any atom is 0.0997 e. The van der Waals surface area contributed by atoms with Crippen LogP contribution in [-0.4, -0.2) is 12.8 Å². The summed E-state index contributed by atoms with van der Waals surface area (Å²) < 4.78 is 0. The van der Waals surface area contributed by atoms with Crippen LogP contribution in [0.5, 0.6) is 0 Å². The predicted molar refractivity (Wildman–Crippen MR) is 75.4 cm³/mol. The van der Waals surface area contributed by atoms with Gasteiger partial charge in [-0.15, -0.1) is 5.92 Å². The molecule has 0 aliphatic carbocycles. The zero-order valence-electron chi connectivity index (χ0n) is 10.7. The Bertz CT molecular complexity index is 368. The molecule has 0 unspecified atom stereocenters. The van der Waals surface area contributed by atoms with Crippen LogP contribution in [0.15, 0.2) is 35.3 Å². The van der Waals surface area contributed by atoms with Crippen molar-refractivity contribution in [2.75, 3.05) is 6.54 Å². The van der Waals surface area contributed by atoms with E-state index < -0.39 is 0 Å². The zero-order chi connectivity index (χ0) is 12.2. The van der Waals surface area contributed by atoms with Gasteiger partial charge in [0.15, 0.2) is 0 Å². The number of nitrogens with zero attached hydrogens (tertiary/aromatic N) is 1. The SMILES string of the molecule is CCCCCCC#CCN=Cc1ccccc1.